The van der Waals surface area contributed by atoms with Crippen LogP contribution in [0.1, 0.15) is 43.3 Å². The zero-order chi connectivity index (χ0) is 24.8. The van der Waals surface area contributed by atoms with Gasteiger partial charge in [0.25, 0.3) is 5.91 Å². The van der Waals surface area contributed by atoms with E-state index in [1.54, 1.807) is 11.3 Å². The van der Waals surface area contributed by atoms with Crippen molar-refractivity contribution < 1.29 is 14.3 Å². The number of thiazole rings is 1. The molecule has 7 heteroatoms. The summed E-state index contributed by atoms with van der Waals surface area (Å²) in [5.74, 6) is 0.944. The molecule has 1 aromatic heterocycles. The van der Waals surface area contributed by atoms with Crippen LogP contribution in [-0.4, -0.2) is 60.1 Å². The van der Waals surface area contributed by atoms with Gasteiger partial charge in [-0.15, -0.1) is 11.3 Å². The molecular formula is C28H35N3O3S. The molecule has 0 spiro atoms. The number of hydrogen-bond acceptors (Lipinski definition) is 6. The van der Waals surface area contributed by atoms with Gasteiger partial charge in [0.1, 0.15) is 17.4 Å². The molecule has 1 fully saturated rings. The minimum absolute atomic E-state index is 0.0404. The molecule has 1 aliphatic heterocycles. The number of morpholine rings is 1. The van der Waals surface area contributed by atoms with Gasteiger partial charge in [-0.2, -0.15) is 0 Å². The van der Waals surface area contributed by atoms with E-state index >= 15 is 0 Å². The number of carbonyl (C=O) groups is 1. The first-order chi connectivity index (χ1) is 16.9. The molecule has 0 saturated carbocycles. The van der Waals surface area contributed by atoms with E-state index in [2.05, 4.69) is 37.8 Å². The van der Waals surface area contributed by atoms with Gasteiger partial charge in [-0.05, 0) is 62.6 Å². The lowest BCUT2D eigenvalue weighted by Gasteiger charge is -2.30. The zero-order valence-electron chi connectivity index (χ0n) is 21.2. The Morgan fingerprint density at radius 1 is 1.11 bits per heavy atom. The maximum atomic E-state index is 13.4. The van der Waals surface area contributed by atoms with Gasteiger partial charge in [0, 0.05) is 37.1 Å². The van der Waals surface area contributed by atoms with E-state index in [9.17, 15) is 4.79 Å². The van der Waals surface area contributed by atoms with Crippen molar-refractivity contribution in [3.05, 3.63) is 80.3 Å². The molecule has 0 aliphatic carbocycles. The standard InChI is InChI=1S/C28H35N3O3S/c1-20-6-5-7-24(15-20)28(32)31(9-8-30-10-12-33-13-11-30)17-25-19-35-27(29-25)18-34-26-16-21(2)14-22(3)23(26)4/h5-7,14-16,19H,8-13,17-18H2,1-4H3. The predicted molar refractivity (Wildman–Crippen MR) is 140 cm³/mol. The molecule has 6 nitrogen and oxygen atoms in total. The van der Waals surface area contributed by atoms with Gasteiger partial charge < -0.3 is 14.4 Å². The van der Waals surface area contributed by atoms with E-state index < -0.39 is 0 Å². The van der Waals surface area contributed by atoms with E-state index in [1.165, 1.54) is 11.1 Å². The normalized spacial score (nSPS) is 14.2. The highest BCUT2D eigenvalue weighted by molar-refractivity contribution is 7.09. The Morgan fingerprint density at radius 3 is 2.69 bits per heavy atom. The topological polar surface area (TPSA) is 54.9 Å². The summed E-state index contributed by atoms with van der Waals surface area (Å²) in [7, 11) is 0. The number of benzene rings is 2. The summed E-state index contributed by atoms with van der Waals surface area (Å²) < 4.78 is 11.6. The van der Waals surface area contributed by atoms with E-state index in [0.29, 0.717) is 19.7 Å². The Kier molecular flexibility index (Phi) is 8.55. The van der Waals surface area contributed by atoms with Crippen LogP contribution in [0.3, 0.4) is 0 Å². The first kappa shape index (κ1) is 25.4. The van der Waals surface area contributed by atoms with E-state index in [1.807, 2.05) is 41.5 Å². The number of carbonyl (C=O) groups excluding carboxylic acids is 1. The smallest absolute Gasteiger partial charge is 0.254 e. The molecule has 1 amide bonds. The average molecular weight is 494 g/mol. The molecule has 0 N–H and O–H groups in total. The van der Waals surface area contributed by atoms with Crippen molar-refractivity contribution in [1.29, 1.82) is 0 Å². The fourth-order valence-corrected chi connectivity index (χ4v) is 4.97. The molecule has 2 aromatic carbocycles. The third-order valence-corrected chi connectivity index (χ3v) is 7.28. The fourth-order valence-electron chi connectivity index (χ4n) is 4.27. The second-order valence-electron chi connectivity index (χ2n) is 9.28. The molecule has 35 heavy (non-hydrogen) atoms. The molecular weight excluding hydrogens is 458 g/mol. The maximum Gasteiger partial charge on any atom is 0.254 e. The van der Waals surface area contributed by atoms with Crippen molar-refractivity contribution >= 4 is 17.2 Å². The van der Waals surface area contributed by atoms with Gasteiger partial charge in [-0.25, -0.2) is 4.98 Å². The lowest BCUT2D eigenvalue weighted by molar-refractivity contribution is 0.0319. The van der Waals surface area contributed by atoms with Gasteiger partial charge in [0.15, 0.2) is 0 Å². The van der Waals surface area contributed by atoms with Crippen LogP contribution in [0.2, 0.25) is 0 Å². The van der Waals surface area contributed by atoms with Gasteiger partial charge in [-0.1, -0.05) is 23.8 Å². The van der Waals surface area contributed by atoms with Crippen LogP contribution in [0, 0.1) is 27.7 Å². The molecule has 0 unspecified atom stereocenters. The summed E-state index contributed by atoms with van der Waals surface area (Å²) in [6, 6.07) is 12.0. The molecule has 0 bridgehead atoms. The van der Waals surface area contributed by atoms with Crippen LogP contribution in [0.5, 0.6) is 5.75 Å². The number of aryl methyl sites for hydroxylation is 3. The predicted octanol–water partition coefficient (Wildman–Crippen LogP) is 4.93. The highest BCUT2D eigenvalue weighted by atomic mass is 32.1. The fraction of sp³-hybridized carbons (Fsp3) is 0.429. The Hall–Kier alpha value is -2.74. The van der Waals surface area contributed by atoms with Crippen molar-refractivity contribution in [1.82, 2.24) is 14.8 Å². The number of ether oxygens (including phenoxy) is 2. The van der Waals surface area contributed by atoms with E-state index in [0.717, 1.165) is 66.0 Å². The number of amides is 1. The second-order valence-corrected chi connectivity index (χ2v) is 10.2. The third-order valence-electron chi connectivity index (χ3n) is 6.41. The number of aromatic nitrogens is 1. The summed E-state index contributed by atoms with van der Waals surface area (Å²) in [6.07, 6.45) is 0. The Labute approximate surface area is 212 Å². The van der Waals surface area contributed by atoms with Gasteiger partial charge >= 0.3 is 0 Å². The SMILES string of the molecule is Cc1cccc(C(=O)N(CCN2CCOCC2)Cc2csc(COc3cc(C)cc(C)c3C)n2)c1. The Balaban J connectivity index is 1.44. The van der Waals surface area contributed by atoms with Crippen LogP contribution in [0.4, 0.5) is 0 Å². The van der Waals surface area contributed by atoms with Crippen LogP contribution in [0.25, 0.3) is 0 Å². The molecule has 186 valence electrons. The van der Waals surface area contributed by atoms with Crippen LogP contribution in [0.15, 0.2) is 41.8 Å². The first-order valence-corrected chi connectivity index (χ1v) is 13.1. The number of rotatable bonds is 9. The molecule has 1 aliphatic rings. The van der Waals surface area contributed by atoms with Gasteiger partial charge in [-0.3, -0.25) is 9.69 Å². The van der Waals surface area contributed by atoms with E-state index in [-0.39, 0.29) is 5.91 Å². The molecule has 1 saturated heterocycles. The summed E-state index contributed by atoms with van der Waals surface area (Å²) in [5.41, 5.74) is 6.27. The third kappa shape index (κ3) is 6.90. The molecule has 2 heterocycles. The minimum Gasteiger partial charge on any atom is -0.486 e. The van der Waals surface area contributed by atoms with Crippen molar-refractivity contribution in [2.75, 3.05) is 39.4 Å². The Bertz CT molecular complexity index is 1150. The molecule has 0 atom stereocenters. The van der Waals surface area contributed by atoms with Crippen LogP contribution < -0.4 is 4.74 Å². The quantitative estimate of drug-likeness (QED) is 0.423. The monoisotopic (exact) mass is 493 g/mol. The zero-order valence-corrected chi connectivity index (χ0v) is 22.0. The lowest BCUT2D eigenvalue weighted by atomic mass is 10.1. The molecule has 3 aromatic rings. The van der Waals surface area contributed by atoms with Crippen molar-refractivity contribution in [3.63, 3.8) is 0 Å². The van der Waals surface area contributed by atoms with Gasteiger partial charge in [0.2, 0.25) is 0 Å². The van der Waals surface area contributed by atoms with E-state index in [4.69, 9.17) is 14.5 Å². The molecule has 0 radical (unpaired) electrons. The maximum absolute atomic E-state index is 13.4. The second kappa shape index (κ2) is 11.8. The number of hydrogen-bond donors (Lipinski definition) is 0. The van der Waals surface area contributed by atoms with Crippen molar-refractivity contribution in [3.8, 4) is 5.75 Å². The van der Waals surface area contributed by atoms with Crippen molar-refractivity contribution in [2.24, 2.45) is 0 Å². The lowest BCUT2D eigenvalue weighted by Crippen LogP contribution is -2.43. The summed E-state index contributed by atoms with van der Waals surface area (Å²) in [5, 5.41) is 2.95. The van der Waals surface area contributed by atoms with Gasteiger partial charge in [0.05, 0.1) is 25.5 Å². The largest absolute Gasteiger partial charge is 0.486 e. The Morgan fingerprint density at radius 2 is 1.91 bits per heavy atom. The van der Waals surface area contributed by atoms with Crippen LogP contribution in [-0.2, 0) is 17.9 Å². The highest BCUT2D eigenvalue weighted by Gasteiger charge is 2.20. The summed E-state index contributed by atoms with van der Waals surface area (Å²) in [6.45, 7) is 14.0. The number of nitrogens with zero attached hydrogens (tertiary/aromatic N) is 3. The van der Waals surface area contributed by atoms with Crippen LogP contribution >= 0.6 is 11.3 Å². The van der Waals surface area contributed by atoms with Crippen molar-refractivity contribution in [2.45, 2.75) is 40.8 Å². The molecule has 4 rings (SSSR count). The average Bonchev–Trinajstić information content (AvgIpc) is 3.30. The first-order valence-electron chi connectivity index (χ1n) is 12.2. The summed E-state index contributed by atoms with van der Waals surface area (Å²) in [4.78, 5) is 22.5. The summed E-state index contributed by atoms with van der Waals surface area (Å²) >= 11 is 1.58. The highest BCUT2D eigenvalue weighted by Crippen LogP contribution is 2.25. The minimum atomic E-state index is 0.0404.